The van der Waals surface area contributed by atoms with Crippen molar-refractivity contribution in [1.29, 1.82) is 0 Å². The third kappa shape index (κ3) is 3.30. The summed E-state index contributed by atoms with van der Waals surface area (Å²) in [5.74, 6) is 0.481. The number of halogens is 1. The third-order valence-electron chi connectivity index (χ3n) is 2.26. The van der Waals surface area contributed by atoms with Crippen molar-refractivity contribution in [3.8, 4) is 0 Å². The Bertz CT molecular complexity index is 636. The van der Waals surface area contributed by atoms with Crippen molar-refractivity contribution >= 4 is 31.7 Å². The normalized spacial score (nSPS) is 11.4. The van der Waals surface area contributed by atoms with Gasteiger partial charge in [0.25, 0.3) is 0 Å². The molecule has 0 unspecified atom stereocenters. The van der Waals surface area contributed by atoms with Gasteiger partial charge < -0.3 is 5.32 Å². The van der Waals surface area contributed by atoms with Gasteiger partial charge in [-0.15, -0.1) is 5.10 Å². The van der Waals surface area contributed by atoms with Gasteiger partial charge in [0.15, 0.2) is 14.6 Å². The molecule has 0 amide bonds. The van der Waals surface area contributed by atoms with Crippen LogP contribution in [0, 0.1) is 0 Å². The van der Waals surface area contributed by atoms with Gasteiger partial charge in [0, 0.05) is 12.8 Å². The van der Waals surface area contributed by atoms with Crippen LogP contribution in [0.1, 0.15) is 5.56 Å². The molecule has 96 valence electrons. The molecule has 1 heterocycles. The Morgan fingerprint density at radius 2 is 2.00 bits per heavy atom. The summed E-state index contributed by atoms with van der Waals surface area (Å²) in [6.07, 6.45) is 1.19. The van der Waals surface area contributed by atoms with Crippen LogP contribution in [0.3, 0.4) is 0 Å². The van der Waals surface area contributed by atoms with E-state index in [-0.39, 0.29) is 0 Å². The summed E-state index contributed by atoms with van der Waals surface area (Å²) in [5, 5.41) is 9.55. The van der Waals surface area contributed by atoms with Crippen molar-refractivity contribution in [1.82, 2.24) is 15.2 Å². The average Bonchev–Trinajstić information content (AvgIpc) is 2.72. The smallest absolute Gasteiger partial charge is 0.243 e. The number of hydrogen-bond donors (Lipinski definition) is 2. The summed E-state index contributed by atoms with van der Waals surface area (Å²) in [4.78, 5) is 4.34. The molecule has 2 rings (SSSR count). The highest BCUT2D eigenvalue weighted by atomic mass is 79.9. The molecule has 0 aliphatic heterocycles. The maximum Gasteiger partial charge on any atom is 0.243 e. The number of anilines is 1. The lowest BCUT2D eigenvalue weighted by molar-refractivity contribution is 0.602. The molecule has 18 heavy (non-hydrogen) atoms. The van der Waals surface area contributed by atoms with E-state index in [4.69, 9.17) is 0 Å². The second-order valence-electron chi connectivity index (χ2n) is 3.72. The molecule has 0 fully saturated rings. The first kappa shape index (κ1) is 13.0. The minimum absolute atomic E-state index is 0.312. The first-order valence-electron chi connectivity index (χ1n) is 5.06. The van der Waals surface area contributed by atoms with Crippen LogP contribution in [-0.4, -0.2) is 29.9 Å². The summed E-state index contributed by atoms with van der Waals surface area (Å²) >= 11 is 3.15. The van der Waals surface area contributed by atoms with Crippen molar-refractivity contribution in [3.63, 3.8) is 0 Å². The van der Waals surface area contributed by atoms with E-state index in [1.165, 1.54) is 6.26 Å². The molecular formula is C10H11BrN4O2S. The molecule has 1 aromatic carbocycles. The molecule has 6 nitrogen and oxygen atoms in total. The fraction of sp³-hybridized carbons (Fsp3) is 0.200. The SMILES string of the molecule is CS(=O)(=O)c1ccc(CNc2n[nH]c(Br)n2)cc1. The monoisotopic (exact) mass is 330 g/mol. The Morgan fingerprint density at radius 1 is 1.33 bits per heavy atom. The fourth-order valence-electron chi connectivity index (χ4n) is 1.36. The third-order valence-corrected chi connectivity index (χ3v) is 3.74. The van der Waals surface area contributed by atoms with Crippen molar-refractivity contribution in [2.45, 2.75) is 11.4 Å². The van der Waals surface area contributed by atoms with Crippen LogP contribution in [0.15, 0.2) is 33.9 Å². The van der Waals surface area contributed by atoms with Gasteiger partial charge in [-0.05, 0) is 33.6 Å². The Kier molecular flexibility index (Phi) is 3.67. The Balaban J connectivity index is 2.03. The zero-order chi connectivity index (χ0) is 13.2. The maximum atomic E-state index is 11.3. The van der Waals surface area contributed by atoms with Gasteiger partial charge in [-0.25, -0.2) is 8.42 Å². The first-order valence-corrected chi connectivity index (χ1v) is 7.74. The van der Waals surface area contributed by atoms with Gasteiger partial charge in [0.1, 0.15) is 0 Å². The molecule has 0 bridgehead atoms. The van der Waals surface area contributed by atoms with E-state index >= 15 is 0 Å². The lowest BCUT2D eigenvalue weighted by Crippen LogP contribution is -2.02. The van der Waals surface area contributed by atoms with E-state index in [2.05, 4.69) is 36.4 Å². The van der Waals surface area contributed by atoms with E-state index in [0.717, 1.165) is 5.56 Å². The first-order chi connectivity index (χ1) is 8.45. The topological polar surface area (TPSA) is 87.7 Å². The predicted molar refractivity (Wildman–Crippen MR) is 71.0 cm³/mol. The van der Waals surface area contributed by atoms with Gasteiger partial charge in [0.05, 0.1) is 4.90 Å². The minimum Gasteiger partial charge on any atom is -0.349 e. The number of nitrogens with zero attached hydrogens (tertiary/aromatic N) is 2. The lowest BCUT2D eigenvalue weighted by atomic mass is 10.2. The highest BCUT2D eigenvalue weighted by Crippen LogP contribution is 2.11. The number of sulfone groups is 1. The number of aromatic nitrogens is 3. The van der Waals surface area contributed by atoms with Crippen molar-refractivity contribution in [3.05, 3.63) is 34.6 Å². The molecule has 0 spiro atoms. The van der Waals surface area contributed by atoms with Crippen molar-refractivity contribution in [2.24, 2.45) is 0 Å². The fourth-order valence-corrected chi connectivity index (χ4v) is 2.24. The van der Waals surface area contributed by atoms with Crippen molar-refractivity contribution in [2.75, 3.05) is 11.6 Å². The minimum atomic E-state index is -3.14. The molecule has 1 aromatic heterocycles. The number of aromatic amines is 1. The van der Waals surface area contributed by atoms with Crippen molar-refractivity contribution < 1.29 is 8.42 Å². The van der Waals surface area contributed by atoms with Gasteiger partial charge in [-0.3, -0.25) is 5.10 Å². The molecule has 0 saturated carbocycles. The molecule has 0 atom stereocenters. The summed E-state index contributed by atoms with van der Waals surface area (Å²) < 4.78 is 23.1. The highest BCUT2D eigenvalue weighted by molar-refractivity contribution is 9.10. The number of rotatable bonds is 4. The molecule has 0 aliphatic carbocycles. The van der Waals surface area contributed by atoms with Gasteiger partial charge in [-0.1, -0.05) is 12.1 Å². The standard InChI is InChI=1S/C10H11BrN4O2S/c1-18(16,17)8-4-2-7(3-5-8)6-12-10-13-9(11)14-15-10/h2-5H,6H2,1H3,(H2,12,13,14,15). The molecular weight excluding hydrogens is 320 g/mol. The molecule has 0 aliphatic rings. The summed E-state index contributed by atoms with van der Waals surface area (Å²) in [7, 11) is -3.14. The summed E-state index contributed by atoms with van der Waals surface area (Å²) in [5.41, 5.74) is 0.948. The number of benzene rings is 1. The van der Waals surface area contributed by atoms with Gasteiger partial charge >= 0.3 is 0 Å². The second-order valence-corrected chi connectivity index (χ2v) is 6.49. The van der Waals surface area contributed by atoms with Crippen LogP contribution < -0.4 is 5.32 Å². The van der Waals surface area contributed by atoms with Crippen LogP contribution in [0.4, 0.5) is 5.95 Å². The molecule has 2 N–H and O–H groups in total. The summed E-state index contributed by atoms with van der Waals surface area (Å²) in [6, 6.07) is 6.68. The molecule has 8 heteroatoms. The predicted octanol–water partition coefficient (Wildman–Crippen LogP) is 1.58. The van der Waals surface area contributed by atoms with Crippen LogP contribution >= 0.6 is 15.9 Å². The highest BCUT2D eigenvalue weighted by Gasteiger charge is 2.06. The maximum absolute atomic E-state index is 11.3. The molecule has 0 radical (unpaired) electrons. The Hall–Kier alpha value is -1.41. The van der Waals surface area contributed by atoms with Gasteiger partial charge in [0.2, 0.25) is 5.95 Å². The number of hydrogen-bond acceptors (Lipinski definition) is 5. The van der Waals surface area contributed by atoms with E-state index in [0.29, 0.717) is 22.1 Å². The summed E-state index contributed by atoms with van der Waals surface area (Å²) in [6.45, 7) is 0.522. The largest absolute Gasteiger partial charge is 0.349 e. The average molecular weight is 331 g/mol. The van der Waals surface area contributed by atoms with E-state index in [1.807, 2.05) is 0 Å². The van der Waals surface area contributed by atoms with Crippen LogP contribution in [0.5, 0.6) is 0 Å². The van der Waals surface area contributed by atoms with Crippen LogP contribution in [-0.2, 0) is 16.4 Å². The number of nitrogens with one attached hydrogen (secondary N) is 2. The van der Waals surface area contributed by atoms with Crippen LogP contribution in [0.2, 0.25) is 0 Å². The molecule has 2 aromatic rings. The van der Waals surface area contributed by atoms with Gasteiger partial charge in [-0.2, -0.15) is 4.98 Å². The zero-order valence-electron chi connectivity index (χ0n) is 9.51. The zero-order valence-corrected chi connectivity index (χ0v) is 11.9. The van der Waals surface area contributed by atoms with Crippen LogP contribution in [0.25, 0.3) is 0 Å². The second kappa shape index (κ2) is 5.07. The Labute approximate surface area is 113 Å². The van der Waals surface area contributed by atoms with E-state index in [9.17, 15) is 8.42 Å². The number of H-pyrrole nitrogens is 1. The lowest BCUT2D eigenvalue weighted by Gasteiger charge is -2.03. The quantitative estimate of drug-likeness (QED) is 0.888. The molecule has 0 saturated heterocycles. The van der Waals surface area contributed by atoms with E-state index < -0.39 is 9.84 Å². The van der Waals surface area contributed by atoms with E-state index in [1.54, 1.807) is 24.3 Å². The Morgan fingerprint density at radius 3 is 2.50 bits per heavy atom.